The van der Waals surface area contributed by atoms with E-state index in [0.29, 0.717) is 0 Å². The van der Waals surface area contributed by atoms with E-state index in [9.17, 15) is 18.0 Å². The van der Waals surface area contributed by atoms with Crippen molar-refractivity contribution >= 4 is 5.91 Å². The minimum absolute atomic E-state index is 0.196. The Balaban J connectivity index is 3.67. The first-order valence-corrected chi connectivity index (χ1v) is 4.43. The molecule has 0 saturated carbocycles. The first-order chi connectivity index (χ1) is 6.72. The molecule has 0 spiro atoms. The summed E-state index contributed by atoms with van der Waals surface area (Å²) in [6.45, 7) is 1.51. The lowest BCUT2D eigenvalue weighted by Crippen LogP contribution is -2.44. The fourth-order valence-electron chi connectivity index (χ4n) is 0.767. The summed E-state index contributed by atoms with van der Waals surface area (Å²) in [4.78, 5) is 11.0. The second-order valence-electron chi connectivity index (χ2n) is 3.33. The van der Waals surface area contributed by atoms with Gasteiger partial charge in [-0.15, -0.1) is 0 Å². The lowest BCUT2D eigenvalue weighted by Gasteiger charge is -2.16. The van der Waals surface area contributed by atoms with Gasteiger partial charge in [0, 0.05) is 6.04 Å². The molecule has 0 rings (SSSR count). The maximum atomic E-state index is 11.7. The smallest absolute Gasteiger partial charge is 0.370 e. The highest BCUT2D eigenvalue weighted by atomic mass is 19.4. The van der Waals surface area contributed by atoms with Gasteiger partial charge in [0.1, 0.15) is 6.61 Å². The summed E-state index contributed by atoms with van der Waals surface area (Å²) in [7, 11) is 0. The van der Waals surface area contributed by atoms with E-state index >= 15 is 0 Å². The number of carbonyl (C=O) groups excluding carboxylic acids is 1. The molecule has 0 saturated heterocycles. The van der Waals surface area contributed by atoms with Gasteiger partial charge in [0.2, 0.25) is 5.91 Å². The third-order valence-electron chi connectivity index (χ3n) is 1.44. The van der Waals surface area contributed by atoms with Gasteiger partial charge in [0.15, 0.2) is 0 Å². The average Bonchev–Trinajstić information content (AvgIpc) is 2.01. The maximum Gasteiger partial charge on any atom is 0.411 e. The molecule has 0 aliphatic rings. The molecular weight excluding hydrogens is 213 g/mol. The van der Waals surface area contributed by atoms with Crippen LogP contribution in [0.5, 0.6) is 0 Å². The minimum atomic E-state index is -4.34. The first-order valence-electron chi connectivity index (χ1n) is 4.43. The predicted molar refractivity (Wildman–Crippen MR) is 48.1 cm³/mol. The van der Waals surface area contributed by atoms with Crippen LogP contribution in [0.25, 0.3) is 0 Å². The highest BCUT2D eigenvalue weighted by Crippen LogP contribution is 2.14. The molecule has 2 atom stereocenters. The fourth-order valence-corrected chi connectivity index (χ4v) is 0.767. The van der Waals surface area contributed by atoms with Gasteiger partial charge in [0.25, 0.3) is 0 Å². The van der Waals surface area contributed by atoms with Crippen molar-refractivity contribution in [3.8, 4) is 0 Å². The maximum absolute atomic E-state index is 11.7. The summed E-state index contributed by atoms with van der Waals surface area (Å²) in [5.41, 5.74) is 5.25. The van der Waals surface area contributed by atoms with Crippen molar-refractivity contribution in [2.45, 2.75) is 32.1 Å². The van der Waals surface area contributed by atoms with Crippen molar-refractivity contribution in [3.05, 3.63) is 0 Å². The molecule has 0 aliphatic carbocycles. The summed E-state index contributed by atoms with van der Waals surface area (Å²) in [6.07, 6.45) is -4.34. The fraction of sp³-hybridized carbons (Fsp3) is 0.875. The van der Waals surface area contributed by atoms with E-state index in [2.05, 4.69) is 10.1 Å². The van der Waals surface area contributed by atoms with Crippen LogP contribution < -0.4 is 11.1 Å². The Morgan fingerprint density at radius 2 is 2.00 bits per heavy atom. The van der Waals surface area contributed by atoms with E-state index in [-0.39, 0.29) is 6.61 Å². The molecule has 0 fully saturated rings. The van der Waals surface area contributed by atoms with Crippen molar-refractivity contribution in [3.63, 3.8) is 0 Å². The Morgan fingerprint density at radius 3 is 2.40 bits per heavy atom. The zero-order valence-corrected chi connectivity index (χ0v) is 8.60. The molecule has 90 valence electrons. The third kappa shape index (κ3) is 8.19. The Hall–Kier alpha value is -0.820. The number of hydrogen-bond donors (Lipinski definition) is 2. The van der Waals surface area contributed by atoms with Gasteiger partial charge < -0.3 is 15.8 Å². The van der Waals surface area contributed by atoms with Crippen LogP contribution in [-0.2, 0) is 9.53 Å². The van der Waals surface area contributed by atoms with Crippen LogP contribution in [0.3, 0.4) is 0 Å². The molecule has 0 heterocycles. The lowest BCUT2D eigenvalue weighted by atomic mass is 10.3. The van der Waals surface area contributed by atoms with Crippen molar-refractivity contribution < 1.29 is 22.7 Å². The Labute approximate surface area is 86.0 Å². The molecule has 0 aromatic heterocycles. The van der Waals surface area contributed by atoms with Gasteiger partial charge >= 0.3 is 6.18 Å². The van der Waals surface area contributed by atoms with E-state index in [1.807, 2.05) is 0 Å². The average molecular weight is 228 g/mol. The van der Waals surface area contributed by atoms with Gasteiger partial charge in [-0.2, -0.15) is 13.2 Å². The van der Waals surface area contributed by atoms with E-state index in [0.717, 1.165) is 0 Å². The summed E-state index contributed by atoms with van der Waals surface area (Å²) >= 11 is 0. The first kappa shape index (κ1) is 14.2. The zero-order valence-electron chi connectivity index (χ0n) is 8.60. The lowest BCUT2D eigenvalue weighted by molar-refractivity contribution is -0.175. The normalized spacial score (nSPS) is 15.9. The van der Waals surface area contributed by atoms with Crippen LogP contribution in [0.1, 0.15) is 13.8 Å². The molecule has 0 aromatic carbocycles. The van der Waals surface area contributed by atoms with E-state index in [4.69, 9.17) is 5.73 Å². The molecule has 1 amide bonds. The molecule has 3 N–H and O–H groups in total. The van der Waals surface area contributed by atoms with E-state index in [1.54, 1.807) is 0 Å². The third-order valence-corrected chi connectivity index (χ3v) is 1.44. The van der Waals surface area contributed by atoms with Crippen LogP contribution >= 0.6 is 0 Å². The topological polar surface area (TPSA) is 64.3 Å². The van der Waals surface area contributed by atoms with Crippen LogP contribution in [-0.4, -0.2) is 37.4 Å². The Bertz CT molecular complexity index is 207. The molecule has 15 heavy (non-hydrogen) atoms. The molecule has 4 nitrogen and oxygen atoms in total. The standard InChI is InChI=1S/C8H15F3N2O2/c1-5(13-7(14)6(2)12)3-15-4-8(9,10)11/h5-6H,3-4,12H2,1-2H3,(H,13,14)/t5?,6-/m0/s1. The summed E-state index contributed by atoms with van der Waals surface area (Å²) in [5, 5.41) is 2.41. The number of carbonyl (C=O) groups is 1. The Kier molecular flexibility index (Phi) is 5.59. The number of alkyl halides is 3. The van der Waals surface area contributed by atoms with Crippen molar-refractivity contribution in [1.29, 1.82) is 0 Å². The van der Waals surface area contributed by atoms with Gasteiger partial charge in [-0.05, 0) is 13.8 Å². The molecule has 0 radical (unpaired) electrons. The number of nitrogens with one attached hydrogen (secondary N) is 1. The minimum Gasteiger partial charge on any atom is -0.370 e. The molecule has 0 aliphatic heterocycles. The highest BCUT2D eigenvalue weighted by Gasteiger charge is 2.27. The molecule has 0 bridgehead atoms. The second-order valence-corrected chi connectivity index (χ2v) is 3.33. The van der Waals surface area contributed by atoms with Crippen molar-refractivity contribution in [2.75, 3.05) is 13.2 Å². The summed E-state index contributed by atoms with van der Waals surface area (Å²) in [5.74, 6) is -0.418. The summed E-state index contributed by atoms with van der Waals surface area (Å²) < 4.78 is 39.4. The van der Waals surface area contributed by atoms with Gasteiger partial charge in [-0.3, -0.25) is 4.79 Å². The number of nitrogens with two attached hydrogens (primary N) is 1. The van der Waals surface area contributed by atoms with E-state index < -0.39 is 30.8 Å². The largest absolute Gasteiger partial charge is 0.411 e. The summed E-state index contributed by atoms with van der Waals surface area (Å²) in [6, 6.07) is -1.18. The number of amides is 1. The van der Waals surface area contributed by atoms with Gasteiger partial charge in [0.05, 0.1) is 12.6 Å². The SMILES string of the molecule is CC(COCC(F)(F)F)NC(=O)[C@H](C)N. The van der Waals surface area contributed by atoms with Gasteiger partial charge in [-0.1, -0.05) is 0 Å². The van der Waals surface area contributed by atoms with Crippen LogP contribution in [0, 0.1) is 0 Å². The number of ether oxygens (including phenoxy) is 1. The monoisotopic (exact) mass is 228 g/mol. The second kappa shape index (κ2) is 5.92. The van der Waals surface area contributed by atoms with Crippen molar-refractivity contribution in [2.24, 2.45) is 5.73 Å². The molecule has 1 unspecified atom stereocenters. The Morgan fingerprint density at radius 1 is 1.47 bits per heavy atom. The number of halogens is 3. The highest BCUT2D eigenvalue weighted by molar-refractivity contribution is 5.81. The number of rotatable bonds is 5. The predicted octanol–water partition coefficient (Wildman–Crippen LogP) is 0.417. The van der Waals surface area contributed by atoms with Crippen LogP contribution in [0.15, 0.2) is 0 Å². The van der Waals surface area contributed by atoms with Crippen LogP contribution in [0.2, 0.25) is 0 Å². The van der Waals surface area contributed by atoms with Gasteiger partial charge in [-0.25, -0.2) is 0 Å². The molecule has 7 heteroatoms. The molecule has 0 aromatic rings. The van der Waals surface area contributed by atoms with Crippen molar-refractivity contribution in [1.82, 2.24) is 5.32 Å². The van der Waals surface area contributed by atoms with E-state index in [1.165, 1.54) is 13.8 Å². The number of hydrogen-bond acceptors (Lipinski definition) is 3. The zero-order chi connectivity index (χ0) is 12.1. The van der Waals surface area contributed by atoms with Crippen LogP contribution in [0.4, 0.5) is 13.2 Å². The molecular formula is C8H15F3N2O2. The quantitative estimate of drug-likeness (QED) is 0.716.